The molecular weight excluding hydrogens is 198 g/mol. The molecule has 0 radical (unpaired) electrons. The summed E-state index contributed by atoms with van der Waals surface area (Å²) < 4.78 is 5.75. The third-order valence-electron chi connectivity index (χ3n) is 2.34. The van der Waals surface area contributed by atoms with Crippen LogP contribution in [-0.2, 0) is 4.74 Å². The molecule has 0 fully saturated rings. The number of rotatable bonds is 6. The van der Waals surface area contributed by atoms with E-state index in [0.717, 1.165) is 24.3 Å². The van der Waals surface area contributed by atoms with Gasteiger partial charge in [-0.25, -0.2) is 0 Å². The molecule has 1 rings (SSSR count). The summed E-state index contributed by atoms with van der Waals surface area (Å²) in [7, 11) is 1.93. The van der Waals surface area contributed by atoms with Gasteiger partial charge in [0.15, 0.2) is 0 Å². The highest BCUT2D eigenvalue weighted by Crippen LogP contribution is 2.17. The van der Waals surface area contributed by atoms with Gasteiger partial charge in [-0.3, -0.25) is 0 Å². The summed E-state index contributed by atoms with van der Waals surface area (Å²) in [5, 5.41) is 3.07. The van der Waals surface area contributed by atoms with E-state index < -0.39 is 0 Å². The van der Waals surface area contributed by atoms with Gasteiger partial charge in [-0.2, -0.15) is 0 Å². The third kappa shape index (κ3) is 4.07. The van der Waals surface area contributed by atoms with Crippen molar-refractivity contribution < 1.29 is 4.74 Å². The van der Waals surface area contributed by atoms with Crippen LogP contribution in [0.5, 0.6) is 0 Å². The molecule has 0 unspecified atom stereocenters. The van der Waals surface area contributed by atoms with Gasteiger partial charge in [0, 0.05) is 12.1 Å². The maximum atomic E-state index is 5.75. The summed E-state index contributed by atoms with van der Waals surface area (Å²) in [6.45, 7) is 5.79. The van der Waals surface area contributed by atoms with Gasteiger partial charge >= 0.3 is 0 Å². The average Bonchev–Trinajstić information content (AvgIpc) is 2.29. The Kier molecular flexibility index (Phi) is 5.65. The molecule has 88 valence electrons. The highest BCUT2D eigenvalue weighted by Gasteiger charge is 2.01. The van der Waals surface area contributed by atoms with Gasteiger partial charge in [0.25, 0.3) is 0 Å². The molecular formula is C14H21NO. The standard InChI is InChI=1S/C14H21NO/c1-4-5-14(16-11-10-15-3)13-8-6-12(2)7-9-13/h5-9,15H,4,10-11H2,1-3H3/b14-5+. The maximum Gasteiger partial charge on any atom is 0.122 e. The summed E-state index contributed by atoms with van der Waals surface area (Å²) in [5.74, 6) is 0.984. The number of benzene rings is 1. The number of ether oxygens (including phenoxy) is 1. The second-order valence-electron chi connectivity index (χ2n) is 3.79. The molecule has 0 bridgehead atoms. The minimum atomic E-state index is 0.705. The quantitative estimate of drug-likeness (QED) is 0.586. The van der Waals surface area contributed by atoms with E-state index in [9.17, 15) is 0 Å². The van der Waals surface area contributed by atoms with Crippen molar-refractivity contribution in [3.8, 4) is 0 Å². The lowest BCUT2D eigenvalue weighted by Crippen LogP contribution is -2.13. The monoisotopic (exact) mass is 219 g/mol. The van der Waals surface area contributed by atoms with E-state index in [1.54, 1.807) is 0 Å². The van der Waals surface area contributed by atoms with Crippen molar-refractivity contribution in [1.29, 1.82) is 0 Å². The van der Waals surface area contributed by atoms with Crippen LogP contribution < -0.4 is 5.32 Å². The van der Waals surface area contributed by atoms with Crippen LogP contribution in [0.3, 0.4) is 0 Å². The first-order valence-electron chi connectivity index (χ1n) is 5.82. The number of hydrogen-bond acceptors (Lipinski definition) is 2. The van der Waals surface area contributed by atoms with Gasteiger partial charge in [0.2, 0.25) is 0 Å². The SMILES string of the molecule is CC/C=C(/OCCNC)c1ccc(C)cc1. The van der Waals surface area contributed by atoms with Crippen molar-refractivity contribution in [3.63, 3.8) is 0 Å². The van der Waals surface area contributed by atoms with E-state index >= 15 is 0 Å². The van der Waals surface area contributed by atoms with E-state index in [1.165, 1.54) is 5.56 Å². The van der Waals surface area contributed by atoms with Crippen LogP contribution in [0.25, 0.3) is 5.76 Å². The topological polar surface area (TPSA) is 21.3 Å². The predicted molar refractivity (Wildman–Crippen MR) is 69.3 cm³/mol. The zero-order chi connectivity index (χ0) is 11.8. The fourth-order valence-corrected chi connectivity index (χ4v) is 1.43. The highest BCUT2D eigenvalue weighted by molar-refractivity contribution is 5.59. The minimum absolute atomic E-state index is 0.705. The Morgan fingerprint density at radius 2 is 2.00 bits per heavy atom. The van der Waals surface area contributed by atoms with Crippen LogP contribution in [0.2, 0.25) is 0 Å². The van der Waals surface area contributed by atoms with Gasteiger partial charge < -0.3 is 10.1 Å². The summed E-state index contributed by atoms with van der Waals surface area (Å²) >= 11 is 0. The second kappa shape index (κ2) is 7.07. The van der Waals surface area contributed by atoms with Crippen molar-refractivity contribution in [2.75, 3.05) is 20.2 Å². The van der Waals surface area contributed by atoms with E-state index in [2.05, 4.69) is 49.5 Å². The molecule has 16 heavy (non-hydrogen) atoms. The first kappa shape index (κ1) is 12.8. The van der Waals surface area contributed by atoms with Gasteiger partial charge in [-0.05, 0) is 26.5 Å². The Morgan fingerprint density at radius 1 is 1.31 bits per heavy atom. The third-order valence-corrected chi connectivity index (χ3v) is 2.34. The van der Waals surface area contributed by atoms with Gasteiger partial charge in [-0.1, -0.05) is 36.8 Å². The van der Waals surface area contributed by atoms with Crippen LogP contribution in [-0.4, -0.2) is 20.2 Å². The Hall–Kier alpha value is -1.28. The fraction of sp³-hybridized carbons (Fsp3) is 0.429. The first-order valence-corrected chi connectivity index (χ1v) is 5.82. The summed E-state index contributed by atoms with van der Waals surface area (Å²) in [6, 6.07) is 8.44. The summed E-state index contributed by atoms with van der Waals surface area (Å²) in [6.07, 6.45) is 3.11. The number of nitrogens with one attached hydrogen (secondary N) is 1. The molecule has 1 aromatic rings. The molecule has 0 aliphatic rings. The van der Waals surface area contributed by atoms with Crippen molar-refractivity contribution in [1.82, 2.24) is 5.32 Å². The minimum Gasteiger partial charge on any atom is -0.492 e. The van der Waals surface area contributed by atoms with E-state index in [0.29, 0.717) is 6.61 Å². The van der Waals surface area contributed by atoms with Crippen LogP contribution in [0.15, 0.2) is 30.3 Å². The average molecular weight is 219 g/mol. The zero-order valence-electron chi connectivity index (χ0n) is 10.4. The number of allylic oxidation sites excluding steroid dienone is 1. The fourth-order valence-electron chi connectivity index (χ4n) is 1.43. The smallest absolute Gasteiger partial charge is 0.122 e. The maximum absolute atomic E-state index is 5.75. The molecule has 0 aliphatic heterocycles. The lowest BCUT2D eigenvalue weighted by atomic mass is 10.1. The van der Waals surface area contributed by atoms with Crippen molar-refractivity contribution in [2.24, 2.45) is 0 Å². The molecule has 1 aromatic carbocycles. The highest BCUT2D eigenvalue weighted by atomic mass is 16.5. The van der Waals surface area contributed by atoms with E-state index in [1.807, 2.05) is 7.05 Å². The molecule has 0 aromatic heterocycles. The second-order valence-corrected chi connectivity index (χ2v) is 3.79. The lowest BCUT2D eigenvalue weighted by molar-refractivity contribution is 0.278. The van der Waals surface area contributed by atoms with Crippen LogP contribution in [0, 0.1) is 6.92 Å². The molecule has 0 amide bonds. The molecule has 0 aliphatic carbocycles. The molecule has 0 saturated carbocycles. The molecule has 1 N–H and O–H groups in total. The summed E-state index contributed by atoms with van der Waals surface area (Å²) in [4.78, 5) is 0. The van der Waals surface area contributed by atoms with E-state index in [4.69, 9.17) is 4.74 Å². The van der Waals surface area contributed by atoms with Gasteiger partial charge in [0.05, 0.1) is 0 Å². The molecule has 2 nitrogen and oxygen atoms in total. The molecule has 0 atom stereocenters. The normalized spacial score (nSPS) is 11.6. The van der Waals surface area contributed by atoms with E-state index in [-0.39, 0.29) is 0 Å². The van der Waals surface area contributed by atoms with Gasteiger partial charge in [0.1, 0.15) is 12.4 Å². The van der Waals surface area contributed by atoms with Crippen molar-refractivity contribution >= 4 is 5.76 Å². The lowest BCUT2D eigenvalue weighted by Gasteiger charge is -2.10. The predicted octanol–water partition coefficient (Wildman–Crippen LogP) is 2.98. The van der Waals surface area contributed by atoms with Crippen LogP contribution in [0.1, 0.15) is 24.5 Å². The van der Waals surface area contributed by atoms with Crippen LogP contribution in [0.4, 0.5) is 0 Å². The first-order chi connectivity index (χ1) is 7.77. The number of hydrogen-bond donors (Lipinski definition) is 1. The molecule has 2 heteroatoms. The molecule has 0 saturated heterocycles. The Morgan fingerprint density at radius 3 is 2.56 bits per heavy atom. The van der Waals surface area contributed by atoms with Crippen molar-refractivity contribution in [3.05, 3.63) is 41.5 Å². The number of aryl methyl sites for hydroxylation is 1. The Bertz CT molecular complexity index is 327. The largest absolute Gasteiger partial charge is 0.492 e. The van der Waals surface area contributed by atoms with Gasteiger partial charge in [-0.15, -0.1) is 0 Å². The van der Waals surface area contributed by atoms with Crippen LogP contribution >= 0.6 is 0 Å². The Labute approximate surface area is 98.3 Å². The summed E-state index contributed by atoms with van der Waals surface area (Å²) in [5.41, 5.74) is 2.43. The molecule has 0 heterocycles. The number of likely N-dealkylation sites (N-methyl/N-ethyl adjacent to an activating group) is 1. The van der Waals surface area contributed by atoms with Crippen molar-refractivity contribution in [2.45, 2.75) is 20.3 Å². The molecule has 0 spiro atoms. The Balaban J connectivity index is 2.70. The zero-order valence-corrected chi connectivity index (χ0v) is 10.4.